The van der Waals surface area contributed by atoms with E-state index in [1.165, 1.54) is 7.11 Å². The Kier molecular flexibility index (Phi) is 4.95. The Balaban J connectivity index is 3.21. The predicted octanol–water partition coefficient (Wildman–Crippen LogP) is 2.27. The second-order valence-corrected chi connectivity index (χ2v) is 3.59. The van der Waals surface area contributed by atoms with E-state index in [0.717, 1.165) is 12.2 Å². The fourth-order valence-electron chi connectivity index (χ4n) is 1.33. The lowest BCUT2D eigenvalue weighted by Crippen LogP contribution is -2.11. The predicted molar refractivity (Wildman–Crippen MR) is 65.9 cm³/mol. The van der Waals surface area contributed by atoms with Crippen molar-refractivity contribution >= 4 is 17.7 Å². The van der Waals surface area contributed by atoms with Gasteiger partial charge >= 0.3 is 12.1 Å². The highest BCUT2D eigenvalue weighted by atomic mass is 19.4. The molecule has 0 saturated heterocycles. The molecule has 1 heterocycles. The lowest BCUT2D eigenvalue weighted by Gasteiger charge is -2.12. The van der Waals surface area contributed by atoms with Crippen LogP contribution in [0.1, 0.15) is 18.3 Å². The average molecular weight is 290 g/mol. The number of anilines is 1. The maximum atomic E-state index is 12.7. The molecule has 1 aromatic heterocycles. The molecule has 110 valence electrons. The number of halogens is 3. The first-order chi connectivity index (χ1) is 9.29. The van der Waals surface area contributed by atoms with E-state index in [2.05, 4.69) is 9.72 Å². The topological polar surface area (TPSA) is 74.4 Å². The summed E-state index contributed by atoms with van der Waals surface area (Å²) in [6.07, 6.45) is -2.65. The van der Waals surface area contributed by atoms with E-state index in [1.807, 2.05) is 0 Å². The molecule has 5 nitrogen and oxygen atoms in total. The van der Waals surface area contributed by atoms with E-state index in [-0.39, 0.29) is 23.7 Å². The molecule has 0 radical (unpaired) electrons. The third kappa shape index (κ3) is 3.87. The minimum Gasteiger partial charge on any atom is -0.494 e. The van der Waals surface area contributed by atoms with Crippen molar-refractivity contribution < 1.29 is 27.4 Å². The zero-order valence-electron chi connectivity index (χ0n) is 10.8. The summed E-state index contributed by atoms with van der Waals surface area (Å²) in [6.45, 7) is 1.75. The maximum Gasteiger partial charge on any atom is 0.433 e. The Morgan fingerprint density at radius 1 is 1.50 bits per heavy atom. The van der Waals surface area contributed by atoms with Gasteiger partial charge in [-0.2, -0.15) is 13.2 Å². The van der Waals surface area contributed by atoms with Gasteiger partial charge in [0.05, 0.1) is 19.4 Å². The van der Waals surface area contributed by atoms with Gasteiger partial charge in [-0.05, 0) is 13.0 Å². The number of alkyl halides is 3. The van der Waals surface area contributed by atoms with Gasteiger partial charge in [-0.3, -0.25) is 0 Å². The van der Waals surface area contributed by atoms with E-state index in [4.69, 9.17) is 10.5 Å². The molecule has 20 heavy (non-hydrogen) atoms. The van der Waals surface area contributed by atoms with Crippen LogP contribution in [0.25, 0.3) is 6.08 Å². The molecule has 1 rings (SSSR count). The molecular weight excluding hydrogens is 277 g/mol. The number of nitrogens with two attached hydrogens (primary N) is 1. The summed E-state index contributed by atoms with van der Waals surface area (Å²) in [5, 5.41) is 0. The quantitative estimate of drug-likeness (QED) is 0.680. The number of pyridine rings is 1. The first-order valence-corrected chi connectivity index (χ1v) is 5.56. The second kappa shape index (κ2) is 6.27. The number of hydrogen-bond donors (Lipinski definition) is 1. The number of carbonyl (C=O) groups is 1. The van der Waals surface area contributed by atoms with Crippen molar-refractivity contribution in [2.75, 3.05) is 19.5 Å². The number of carbonyl (C=O) groups excluding carboxylic acids is 1. The molecule has 0 saturated carbocycles. The van der Waals surface area contributed by atoms with Crippen molar-refractivity contribution in [3.8, 4) is 5.75 Å². The summed E-state index contributed by atoms with van der Waals surface area (Å²) >= 11 is 0. The molecule has 0 fully saturated rings. The molecule has 0 amide bonds. The van der Waals surface area contributed by atoms with Gasteiger partial charge in [0.1, 0.15) is 17.1 Å². The van der Waals surface area contributed by atoms with E-state index in [9.17, 15) is 18.0 Å². The molecule has 0 atom stereocenters. The highest BCUT2D eigenvalue weighted by molar-refractivity contribution is 5.88. The summed E-state index contributed by atoms with van der Waals surface area (Å²) in [5.41, 5.74) is 4.13. The summed E-state index contributed by atoms with van der Waals surface area (Å²) in [6, 6.07) is 0.692. The second-order valence-electron chi connectivity index (χ2n) is 3.59. The summed E-state index contributed by atoms with van der Waals surface area (Å²) in [7, 11) is 1.19. The number of hydrogen-bond acceptors (Lipinski definition) is 5. The van der Waals surface area contributed by atoms with Gasteiger partial charge < -0.3 is 15.2 Å². The van der Waals surface area contributed by atoms with E-state index in [0.29, 0.717) is 6.07 Å². The van der Waals surface area contributed by atoms with Gasteiger partial charge in [0.2, 0.25) is 0 Å². The van der Waals surface area contributed by atoms with Crippen molar-refractivity contribution in [2.45, 2.75) is 13.1 Å². The van der Waals surface area contributed by atoms with Crippen LogP contribution in [-0.4, -0.2) is 24.7 Å². The number of nitrogen functional groups attached to an aromatic ring is 1. The number of ether oxygens (including phenoxy) is 2. The third-order valence-electron chi connectivity index (χ3n) is 2.22. The smallest absolute Gasteiger partial charge is 0.433 e. The zero-order valence-corrected chi connectivity index (χ0v) is 10.8. The van der Waals surface area contributed by atoms with Crippen LogP contribution in [0.4, 0.5) is 18.9 Å². The first kappa shape index (κ1) is 15.8. The molecule has 8 heteroatoms. The van der Waals surface area contributed by atoms with E-state index >= 15 is 0 Å². The maximum absolute atomic E-state index is 12.7. The van der Waals surface area contributed by atoms with Crippen molar-refractivity contribution in [2.24, 2.45) is 0 Å². The van der Waals surface area contributed by atoms with Crippen molar-refractivity contribution in [3.05, 3.63) is 23.5 Å². The Morgan fingerprint density at radius 2 is 2.15 bits per heavy atom. The lowest BCUT2D eigenvalue weighted by atomic mass is 10.2. The van der Waals surface area contributed by atoms with Crippen LogP contribution in [0.2, 0.25) is 0 Å². The van der Waals surface area contributed by atoms with Crippen LogP contribution in [0.15, 0.2) is 12.1 Å². The molecule has 0 unspecified atom stereocenters. The molecule has 2 N–H and O–H groups in total. The Morgan fingerprint density at radius 3 is 2.65 bits per heavy atom. The van der Waals surface area contributed by atoms with Crippen LogP contribution >= 0.6 is 0 Å². The van der Waals surface area contributed by atoms with Gasteiger partial charge in [0.25, 0.3) is 0 Å². The summed E-state index contributed by atoms with van der Waals surface area (Å²) in [5.74, 6) is -0.874. The Hall–Kier alpha value is -2.25. The van der Waals surface area contributed by atoms with Crippen LogP contribution in [0.5, 0.6) is 5.75 Å². The lowest BCUT2D eigenvalue weighted by molar-refractivity contribution is -0.141. The molecule has 0 aliphatic carbocycles. The van der Waals surface area contributed by atoms with Crippen LogP contribution in [-0.2, 0) is 15.7 Å². The number of rotatable bonds is 4. The zero-order chi connectivity index (χ0) is 15.3. The highest BCUT2D eigenvalue weighted by Gasteiger charge is 2.34. The van der Waals surface area contributed by atoms with Crippen LogP contribution in [0.3, 0.4) is 0 Å². The fourth-order valence-corrected chi connectivity index (χ4v) is 1.33. The third-order valence-corrected chi connectivity index (χ3v) is 2.22. The molecule has 0 bridgehead atoms. The number of methoxy groups -OCH3 is 1. The largest absolute Gasteiger partial charge is 0.494 e. The van der Waals surface area contributed by atoms with Crippen LogP contribution in [0, 0.1) is 0 Å². The van der Waals surface area contributed by atoms with Gasteiger partial charge in [-0.1, -0.05) is 0 Å². The van der Waals surface area contributed by atoms with Crippen LogP contribution < -0.4 is 10.5 Å². The molecule has 0 aliphatic heterocycles. The Labute approximate surface area is 113 Å². The molecule has 0 spiro atoms. The monoisotopic (exact) mass is 290 g/mol. The molecule has 0 aromatic carbocycles. The van der Waals surface area contributed by atoms with Crippen molar-refractivity contribution in [1.29, 1.82) is 0 Å². The van der Waals surface area contributed by atoms with Gasteiger partial charge in [-0.25, -0.2) is 9.78 Å². The molecular formula is C12H13F3N2O3. The minimum absolute atomic E-state index is 0.0963. The normalized spacial score (nSPS) is 11.7. The van der Waals surface area contributed by atoms with Gasteiger partial charge in [0.15, 0.2) is 0 Å². The fraction of sp³-hybridized carbons (Fsp3) is 0.333. The number of nitrogens with zero attached hydrogens (tertiary/aromatic N) is 1. The number of aromatic nitrogens is 1. The standard InChI is InChI=1S/C12H13F3N2O3/c1-3-20-10(18)5-4-7-11(16)8(19-2)6-9(17-7)12(13,14)15/h4-6H,3,16H2,1-2H3/b5-4+. The molecule has 0 aliphatic rings. The summed E-state index contributed by atoms with van der Waals surface area (Å²) < 4.78 is 47.4. The molecule has 1 aromatic rings. The minimum atomic E-state index is -4.65. The summed E-state index contributed by atoms with van der Waals surface area (Å²) in [4.78, 5) is 14.5. The van der Waals surface area contributed by atoms with Crippen molar-refractivity contribution in [1.82, 2.24) is 4.98 Å². The van der Waals surface area contributed by atoms with Crippen molar-refractivity contribution in [3.63, 3.8) is 0 Å². The van der Waals surface area contributed by atoms with Gasteiger partial charge in [0, 0.05) is 12.1 Å². The average Bonchev–Trinajstić information content (AvgIpc) is 2.36. The Bertz CT molecular complexity index is 527. The number of esters is 1. The van der Waals surface area contributed by atoms with E-state index < -0.39 is 17.8 Å². The van der Waals surface area contributed by atoms with Gasteiger partial charge in [-0.15, -0.1) is 0 Å². The SMILES string of the molecule is CCOC(=O)/C=C/c1nc(C(F)(F)F)cc(OC)c1N. The highest BCUT2D eigenvalue weighted by Crippen LogP contribution is 2.34. The first-order valence-electron chi connectivity index (χ1n) is 5.56. The van der Waals surface area contributed by atoms with E-state index in [1.54, 1.807) is 6.92 Å².